The van der Waals surface area contributed by atoms with E-state index in [9.17, 15) is 0 Å². The lowest BCUT2D eigenvalue weighted by Gasteiger charge is -2.23. The van der Waals surface area contributed by atoms with Gasteiger partial charge in [-0.15, -0.1) is 63.1 Å². The number of thiol groups is 5. The lowest BCUT2D eigenvalue weighted by Crippen LogP contribution is -2.04. The average molecular weight is 1920 g/mol. The second kappa shape index (κ2) is 66.8. The Labute approximate surface area is 842 Å². The van der Waals surface area contributed by atoms with Crippen LogP contribution in [0.4, 0.5) is 23.5 Å². The molecule has 5 aliphatic carbocycles. The smallest absolute Gasteiger partial charge is 0.00403 e. The molecule has 15 rings (SSSR count). The van der Waals surface area contributed by atoms with Crippen molar-refractivity contribution in [1.82, 2.24) is 0 Å². The summed E-state index contributed by atoms with van der Waals surface area (Å²) in [6.45, 7) is 11.4. The molecule has 10 aromatic carbocycles. The highest BCUT2D eigenvalue weighted by molar-refractivity contribution is 7.81. The van der Waals surface area contributed by atoms with E-state index in [1.807, 2.05) is 0 Å². The molecule has 0 fully saturated rings. The predicted octanol–water partition coefficient (Wildman–Crippen LogP) is 40.0. The zero-order valence-corrected chi connectivity index (χ0v) is 86.9. The Morgan fingerprint density at radius 2 is 0.319 bits per heavy atom. The summed E-state index contributed by atoms with van der Waals surface area (Å²) < 4.78 is 0. The minimum absolute atomic E-state index is 0. The molecular formula is C125H165F5S5. The number of allylic oxidation sites excluding steroid dienone is 10. The van der Waals surface area contributed by atoms with Crippen LogP contribution >= 0.6 is 63.1 Å². The van der Waals surface area contributed by atoms with Crippen LogP contribution in [0.5, 0.6) is 0 Å². The van der Waals surface area contributed by atoms with E-state index in [2.05, 4.69) is 371 Å². The quantitative estimate of drug-likeness (QED) is 0.0141. The summed E-state index contributed by atoms with van der Waals surface area (Å²) in [5, 5.41) is 0. The summed E-state index contributed by atoms with van der Waals surface area (Å²) >= 11 is 21.9. The first-order chi connectivity index (χ1) is 63.8. The minimum atomic E-state index is 0. The van der Waals surface area contributed by atoms with E-state index in [0.717, 1.165) is 56.6 Å². The Morgan fingerprint density at radius 1 is 0.178 bits per heavy atom. The highest BCUT2D eigenvalue weighted by atomic mass is 32.1. The third-order valence-electron chi connectivity index (χ3n) is 28.3. The first kappa shape index (κ1) is 116. The Morgan fingerprint density at radius 3 is 0.444 bits per heavy atom. The number of hydrogen-bond donors (Lipinski definition) is 5. The lowest BCUT2D eigenvalue weighted by atomic mass is 9.82. The van der Waals surface area contributed by atoms with E-state index in [0.29, 0.717) is 29.6 Å². The fourth-order valence-corrected chi connectivity index (χ4v) is 20.6. The molecule has 5 aliphatic rings. The van der Waals surface area contributed by atoms with Crippen molar-refractivity contribution in [3.63, 3.8) is 0 Å². The zero-order chi connectivity index (χ0) is 91.0. The van der Waals surface area contributed by atoms with E-state index >= 15 is 0 Å². The van der Waals surface area contributed by atoms with Gasteiger partial charge in [-0.25, -0.2) is 0 Å². The van der Waals surface area contributed by atoms with Crippen molar-refractivity contribution in [3.8, 4) is 0 Å². The van der Waals surface area contributed by atoms with Gasteiger partial charge in [0.1, 0.15) is 0 Å². The Bertz CT molecular complexity index is 4240. The third kappa shape index (κ3) is 41.3. The topological polar surface area (TPSA) is 0 Å². The fourth-order valence-electron chi connectivity index (χ4n) is 19.8. The SMILES string of the molecule is CCCCCCCc1ccc(C2CC=C(c3ccc(S)cc3)CC2)cc1.CCCCCCCc1ccc(C2CC=C(c3ccc(S)cc3)CC2)cc1.CCCCCCCc1ccc(C2CC=C(c3ccc(S)cc3)CC2)cc1.CCCCCCCc1ccc(C2CC=C(c3ccc(S)cc3)CC2)cc1.CCCCCCCc1ccc(C2CC=C(c3ccc(S)cc3)CC2)cc1.F.F.F.F.F. The van der Waals surface area contributed by atoms with Gasteiger partial charge in [-0.05, 0) is 362 Å². The highest BCUT2D eigenvalue weighted by Crippen LogP contribution is 2.43. The Hall–Kier alpha value is -7.70. The fraction of sp³-hybridized carbons (Fsp3) is 0.440. The maximum absolute atomic E-state index is 4.38. The van der Waals surface area contributed by atoms with E-state index in [4.69, 9.17) is 0 Å². The highest BCUT2D eigenvalue weighted by Gasteiger charge is 2.23. The van der Waals surface area contributed by atoms with Crippen molar-refractivity contribution in [1.29, 1.82) is 0 Å². The van der Waals surface area contributed by atoms with Crippen LogP contribution in [0.25, 0.3) is 27.9 Å². The van der Waals surface area contributed by atoms with Gasteiger partial charge in [-0.3, -0.25) is 23.5 Å². The molecule has 0 heterocycles. The van der Waals surface area contributed by atoms with E-state index in [1.54, 1.807) is 0 Å². The predicted molar refractivity (Wildman–Crippen MR) is 598 cm³/mol. The van der Waals surface area contributed by atoms with Crippen molar-refractivity contribution >= 4 is 91.0 Å². The molecule has 10 heteroatoms. The van der Waals surface area contributed by atoms with Crippen molar-refractivity contribution in [2.24, 2.45) is 0 Å². The van der Waals surface area contributed by atoms with Crippen molar-refractivity contribution < 1.29 is 23.5 Å². The van der Waals surface area contributed by atoms with Crippen LogP contribution in [0.3, 0.4) is 0 Å². The molecule has 0 aromatic heterocycles. The molecule has 0 aliphatic heterocycles. The van der Waals surface area contributed by atoms with Crippen LogP contribution in [0.15, 0.2) is 298 Å². The number of benzene rings is 10. The summed E-state index contributed by atoms with van der Waals surface area (Å²) in [7, 11) is 0. The zero-order valence-electron chi connectivity index (χ0n) is 82.5. The number of rotatable bonds is 40. The molecule has 0 spiro atoms. The summed E-state index contributed by atoms with van der Waals surface area (Å²) in [6, 6.07) is 90.2. The van der Waals surface area contributed by atoms with Crippen LogP contribution in [0.2, 0.25) is 0 Å². The van der Waals surface area contributed by atoms with Crippen LogP contribution in [-0.4, -0.2) is 0 Å². The number of halogens is 5. The first-order valence-corrected chi connectivity index (χ1v) is 53.9. The number of unbranched alkanes of at least 4 members (excludes halogenated alkanes) is 20. The summed E-state index contributed by atoms with van der Waals surface area (Å²) in [5.41, 5.74) is 29.4. The molecular weight excluding hydrogens is 1760 g/mol. The van der Waals surface area contributed by atoms with E-state index < -0.39 is 0 Å². The van der Waals surface area contributed by atoms with Crippen LogP contribution in [-0.2, 0) is 32.1 Å². The summed E-state index contributed by atoms with van der Waals surface area (Å²) in [6.07, 6.45) is 70.4. The second-order valence-corrected chi connectivity index (χ2v) is 40.8. The molecule has 0 saturated carbocycles. The average Bonchev–Trinajstić information content (AvgIpc) is 0.850. The molecule has 5 unspecified atom stereocenters. The molecule has 0 nitrogen and oxygen atoms in total. The normalized spacial score (nSPS) is 16.5. The van der Waals surface area contributed by atoms with Crippen molar-refractivity contribution in [2.75, 3.05) is 0 Å². The molecule has 0 N–H and O–H groups in total. The van der Waals surface area contributed by atoms with Crippen LogP contribution in [0, 0.1) is 0 Å². The maximum atomic E-state index is 4.38. The summed E-state index contributed by atoms with van der Waals surface area (Å²) in [5.74, 6) is 3.41. The molecule has 0 amide bonds. The van der Waals surface area contributed by atoms with Crippen molar-refractivity contribution in [3.05, 3.63) is 356 Å². The molecule has 135 heavy (non-hydrogen) atoms. The Kier molecular flexibility index (Phi) is 57.4. The molecule has 0 radical (unpaired) electrons. The van der Waals surface area contributed by atoms with Gasteiger partial charge in [0.25, 0.3) is 0 Å². The van der Waals surface area contributed by atoms with Gasteiger partial charge >= 0.3 is 0 Å². The molecule has 0 bridgehead atoms. The van der Waals surface area contributed by atoms with Crippen molar-refractivity contribution in [2.45, 2.75) is 378 Å². The second-order valence-electron chi connectivity index (χ2n) is 38.3. The molecule has 0 saturated heterocycles. The van der Waals surface area contributed by atoms with Gasteiger partial charge in [-0.1, -0.05) is 375 Å². The maximum Gasteiger partial charge on any atom is 0.00403 e. The Balaban J connectivity index is 0.000000257. The summed E-state index contributed by atoms with van der Waals surface area (Å²) in [4.78, 5) is 5.18. The third-order valence-corrected chi connectivity index (χ3v) is 29.8. The van der Waals surface area contributed by atoms with Gasteiger partial charge in [0.15, 0.2) is 0 Å². The largest absolute Gasteiger partial charge is 0.269 e. The molecule has 10 aromatic rings. The van der Waals surface area contributed by atoms with E-state index in [-0.39, 0.29) is 23.5 Å². The van der Waals surface area contributed by atoms with Gasteiger partial charge < -0.3 is 0 Å². The monoisotopic (exact) mass is 1920 g/mol. The standard InChI is InChI=1S/5C25H32S.5FH/c5*1-2-3-4-5-6-7-20-8-10-21(11-9-20)22-12-14-23(15-13-22)24-16-18-25(26)19-17-24;;;;;/h5*8-11,14,16-19,22,26H,2-7,12-13,15H2,1H3;5*1H. The van der Waals surface area contributed by atoms with Gasteiger partial charge in [0.2, 0.25) is 0 Å². The first-order valence-electron chi connectivity index (χ1n) is 51.7. The molecule has 730 valence electrons. The molecule has 5 atom stereocenters. The number of hydrogen-bond acceptors (Lipinski definition) is 5. The van der Waals surface area contributed by atoms with Gasteiger partial charge in [-0.2, -0.15) is 0 Å². The lowest BCUT2D eigenvalue weighted by molar-refractivity contribution is 0.623. The minimum Gasteiger partial charge on any atom is -0.269 e. The van der Waals surface area contributed by atoms with Crippen LogP contribution in [0.1, 0.15) is 404 Å². The van der Waals surface area contributed by atoms with Gasteiger partial charge in [0, 0.05) is 24.5 Å². The number of aryl methyl sites for hydroxylation is 5. The van der Waals surface area contributed by atoms with E-state index in [1.165, 1.54) is 368 Å². The van der Waals surface area contributed by atoms with Crippen LogP contribution < -0.4 is 0 Å². The van der Waals surface area contributed by atoms with Gasteiger partial charge in [0.05, 0.1) is 0 Å².